The van der Waals surface area contributed by atoms with Crippen molar-refractivity contribution < 1.29 is 14.7 Å². The fourth-order valence-corrected chi connectivity index (χ4v) is 2.97. The van der Waals surface area contributed by atoms with Crippen LogP contribution < -0.4 is 10.9 Å². The number of carbonyl (C=O) groups excluding carboxylic acids is 1. The van der Waals surface area contributed by atoms with Crippen LogP contribution in [0.3, 0.4) is 0 Å². The highest BCUT2D eigenvalue weighted by Crippen LogP contribution is 2.26. The van der Waals surface area contributed by atoms with Crippen LogP contribution in [-0.4, -0.2) is 22.0 Å². The first-order chi connectivity index (χ1) is 9.79. The largest absolute Gasteiger partial charge is 0.477 e. The number of H-pyrrole nitrogens is 1. The van der Waals surface area contributed by atoms with Crippen molar-refractivity contribution >= 4 is 28.2 Å². The number of pyridine rings is 1. The summed E-state index contributed by atoms with van der Waals surface area (Å²) in [5.74, 6) is -1.59. The number of carboxylic acids is 1. The molecule has 0 spiro atoms. The molecule has 3 N–H and O–H groups in total. The van der Waals surface area contributed by atoms with Gasteiger partial charge in [-0.25, -0.2) is 4.79 Å². The predicted molar refractivity (Wildman–Crippen MR) is 80.5 cm³/mol. The summed E-state index contributed by atoms with van der Waals surface area (Å²) < 4.78 is 0. The maximum Gasteiger partial charge on any atom is 0.346 e. The maximum absolute atomic E-state index is 12.2. The molecule has 2 aromatic rings. The molecule has 110 valence electrons. The second kappa shape index (κ2) is 5.53. The summed E-state index contributed by atoms with van der Waals surface area (Å²) in [4.78, 5) is 37.8. The first-order valence-corrected chi connectivity index (χ1v) is 6.97. The van der Waals surface area contributed by atoms with Crippen molar-refractivity contribution in [3.8, 4) is 0 Å². The van der Waals surface area contributed by atoms with Gasteiger partial charge in [-0.2, -0.15) is 0 Å². The Labute approximate surface area is 124 Å². The van der Waals surface area contributed by atoms with Crippen molar-refractivity contribution in [2.45, 2.75) is 20.8 Å². The number of aryl methyl sites for hydroxylation is 3. The minimum atomic E-state index is -1.04. The maximum atomic E-state index is 12.2. The highest BCUT2D eigenvalue weighted by Gasteiger charge is 2.18. The Kier molecular flexibility index (Phi) is 3.95. The Bertz CT molecular complexity index is 789. The lowest BCUT2D eigenvalue weighted by Gasteiger charge is -2.05. The van der Waals surface area contributed by atoms with Gasteiger partial charge in [0.15, 0.2) is 0 Å². The van der Waals surface area contributed by atoms with Crippen LogP contribution in [0.15, 0.2) is 16.9 Å². The van der Waals surface area contributed by atoms with Crippen LogP contribution in [0.1, 0.15) is 36.9 Å². The highest BCUT2D eigenvalue weighted by atomic mass is 32.1. The molecule has 0 radical (unpaired) electrons. The van der Waals surface area contributed by atoms with Gasteiger partial charge in [0, 0.05) is 5.69 Å². The SMILES string of the molecule is Cc1cc(C)c(C(=O)Nc2cc(C)c(C(=O)O)s2)c(=O)[nH]1. The Morgan fingerprint density at radius 3 is 2.38 bits per heavy atom. The number of anilines is 1. The summed E-state index contributed by atoms with van der Waals surface area (Å²) in [6.45, 7) is 5.07. The molecule has 2 heterocycles. The third-order valence-corrected chi connectivity index (χ3v) is 4.08. The quantitative estimate of drug-likeness (QED) is 0.810. The second-order valence-electron chi connectivity index (χ2n) is 4.72. The molecule has 0 unspecified atom stereocenters. The van der Waals surface area contributed by atoms with Crippen molar-refractivity contribution in [2.24, 2.45) is 0 Å². The molecule has 0 saturated heterocycles. The average molecular weight is 306 g/mol. The summed E-state index contributed by atoms with van der Waals surface area (Å²) in [6.07, 6.45) is 0. The molecule has 6 nitrogen and oxygen atoms in total. The number of aromatic nitrogens is 1. The lowest BCUT2D eigenvalue weighted by atomic mass is 10.1. The Morgan fingerprint density at radius 2 is 1.86 bits per heavy atom. The summed E-state index contributed by atoms with van der Waals surface area (Å²) in [6, 6.07) is 3.28. The van der Waals surface area contributed by atoms with E-state index in [0.29, 0.717) is 21.8 Å². The van der Waals surface area contributed by atoms with Gasteiger partial charge in [0.1, 0.15) is 10.4 Å². The summed E-state index contributed by atoms with van der Waals surface area (Å²) in [7, 11) is 0. The number of amides is 1. The molecule has 0 aliphatic heterocycles. The number of thiophene rings is 1. The van der Waals surface area contributed by atoms with Gasteiger partial charge < -0.3 is 15.4 Å². The lowest BCUT2D eigenvalue weighted by molar-refractivity contribution is 0.0701. The van der Waals surface area contributed by atoms with E-state index >= 15 is 0 Å². The van der Waals surface area contributed by atoms with Gasteiger partial charge >= 0.3 is 5.97 Å². The van der Waals surface area contributed by atoms with Crippen LogP contribution >= 0.6 is 11.3 Å². The number of carbonyl (C=O) groups is 2. The second-order valence-corrected chi connectivity index (χ2v) is 5.77. The molecule has 0 bridgehead atoms. The van der Waals surface area contributed by atoms with Crippen molar-refractivity contribution in [2.75, 3.05) is 5.32 Å². The number of carboxylic acid groups (broad SMARTS) is 1. The predicted octanol–water partition coefficient (Wildman–Crippen LogP) is 2.31. The Morgan fingerprint density at radius 1 is 1.19 bits per heavy atom. The van der Waals surface area contributed by atoms with Crippen molar-refractivity contribution in [3.63, 3.8) is 0 Å². The summed E-state index contributed by atoms with van der Waals surface area (Å²) >= 11 is 0.962. The van der Waals surface area contributed by atoms with Crippen molar-refractivity contribution in [1.82, 2.24) is 4.98 Å². The smallest absolute Gasteiger partial charge is 0.346 e. The van der Waals surface area contributed by atoms with Gasteiger partial charge in [-0.3, -0.25) is 9.59 Å². The van der Waals surface area contributed by atoms with Crippen LogP contribution in [0, 0.1) is 20.8 Å². The van der Waals surface area contributed by atoms with E-state index in [9.17, 15) is 14.4 Å². The van der Waals surface area contributed by atoms with Gasteiger partial charge in [0.25, 0.3) is 11.5 Å². The lowest BCUT2D eigenvalue weighted by Crippen LogP contribution is -2.24. The molecule has 0 aromatic carbocycles. The van der Waals surface area contributed by atoms with Crippen LogP contribution in [-0.2, 0) is 0 Å². The van der Waals surface area contributed by atoms with E-state index in [4.69, 9.17) is 5.11 Å². The Hall–Kier alpha value is -2.41. The number of aromatic amines is 1. The average Bonchev–Trinajstić information content (AvgIpc) is 2.68. The number of hydrogen-bond donors (Lipinski definition) is 3. The number of nitrogens with one attached hydrogen (secondary N) is 2. The first kappa shape index (κ1) is 15.0. The molecule has 0 aliphatic carbocycles. The molecule has 2 aromatic heterocycles. The third-order valence-electron chi connectivity index (χ3n) is 2.94. The van der Waals surface area contributed by atoms with Gasteiger partial charge in [0.05, 0.1) is 5.00 Å². The first-order valence-electron chi connectivity index (χ1n) is 6.15. The minimum Gasteiger partial charge on any atom is -0.477 e. The Balaban J connectivity index is 2.33. The van der Waals surface area contributed by atoms with E-state index in [1.807, 2.05) is 0 Å². The normalized spacial score (nSPS) is 10.4. The zero-order valence-electron chi connectivity index (χ0n) is 11.7. The molecule has 21 heavy (non-hydrogen) atoms. The van der Waals surface area contributed by atoms with E-state index < -0.39 is 17.4 Å². The number of aromatic carboxylic acids is 1. The van der Waals surface area contributed by atoms with Gasteiger partial charge in [-0.1, -0.05) is 0 Å². The molecule has 0 saturated carbocycles. The number of hydrogen-bond acceptors (Lipinski definition) is 4. The molecular formula is C14H14N2O4S. The molecule has 2 rings (SSSR count). The minimum absolute atomic E-state index is 0.0310. The van der Waals surface area contributed by atoms with E-state index in [1.54, 1.807) is 32.9 Å². The third kappa shape index (κ3) is 3.03. The van der Waals surface area contributed by atoms with E-state index in [2.05, 4.69) is 10.3 Å². The summed E-state index contributed by atoms with van der Waals surface area (Å²) in [5, 5.41) is 12.0. The fraction of sp³-hybridized carbons (Fsp3) is 0.214. The van der Waals surface area contributed by atoms with Crippen LogP contribution in [0.2, 0.25) is 0 Å². The molecule has 0 aliphatic rings. The topological polar surface area (TPSA) is 99.3 Å². The molecular weight excluding hydrogens is 292 g/mol. The van der Waals surface area contributed by atoms with E-state index in [-0.39, 0.29) is 10.4 Å². The van der Waals surface area contributed by atoms with E-state index in [1.165, 1.54) is 0 Å². The molecule has 0 fully saturated rings. The zero-order valence-corrected chi connectivity index (χ0v) is 12.6. The highest BCUT2D eigenvalue weighted by molar-refractivity contribution is 7.18. The van der Waals surface area contributed by atoms with Crippen molar-refractivity contribution in [1.29, 1.82) is 0 Å². The molecule has 1 amide bonds. The van der Waals surface area contributed by atoms with Crippen LogP contribution in [0.4, 0.5) is 5.00 Å². The van der Waals surface area contributed by atoms with E-state index in [0.717, 1.165) is 11.3 Å². The zero-order chi connectivity index (χ0) is 15.7. The summed E-state index contributed by atoms with van der Waals surface area (Å²) in [5.41, 5.74) is 1.38. The molecule has 7 heteroatoms. The van der Waals surface area contributed by atoms with Crippen LogP contribution in [0.5, 0.6) is 0 Å². The standard InChI is InChI=1S/C14H14N2O4S/c1-6-4-8(3)15-12(17)10(6)13(18)16-9-5-7(2)11(21-9)14(19)20/h4-5H,1-3H3,(H,15,17)(H,16,18)(H,19,20). The van der Waals surface area contributed by atoms with Crippen molar-refractivity contribution in [3.05, 3.63) is 49.7 Å². The number of rotatable bonds is 3. The van der Waals surface area contributed by atoms with Gasteiger partial charge in [-0.15, -0.1) is 11.3 Å². The van der Waals surface area contributed by atoms with Gasteiger partial charge in [0.2, 0.25) is 0 Å². The van der Waals surface area contributed by atoms with Crippen LogP contribution in [0.25, 0.3) is 0 Å². The van der Waals surface area contributed by atoms with Gasteiger partial charge in [-0.05, 0) is 44.0 Å². The molecule has 0 atom stereocenters. The fourth-order valence-electron chi connectivity index (χ4n) is 2.07. The monoisotopic (exact) mass is 306 g/mol.